The molecule has 0 saturated heterocycles. The smallest absolute Gasteiger partial charge is 0.306 e. The minimum absolute atomic E-state index is 0.343. The lowest BCUT2D eigenvalue weighted by molar-refractivity contribution is -0.141. The first kappa shape index (κ1) is 11.9. The molecule has 90 valence electrons. The van der Waals surface area contributed by atoms with Crippen molar-refractivity contribution in [1.82, 2.24) is 0 Å². The summed E-state index contributed by atoms with van der Waals surface area (Å²) in [5.41, 5.74) is 0. The van der Waals surface area contributed by atoms with Crippen LogP contribution in [0.4, 0.5) is 0 Å². The number of carboxylic acid groups (broad SMARTS) is 1. The van der Waals surface area contributed by atoms with Crippen LogP contribution < -0.4 is 4.74 Å². The maximum absolute atomic E-state index is 10.8. The molecule has 0 aliphatic rings. The van der Waals surface area contributed by atoms with Gasteiger partial charge in [-0.25, -0.2) is 0 Å². The summed E-state index contributed by atoms with van der Waals surface area (Å²) in [5.74, 6) is -0.266. The topological polar surface area (TPSA) is 46.5 Å². The number of carbonyl (C=O) groups is 1. The Morgan fingerprint density at radius 3 is 2.88 bits per heavy atom. The first-order chi connectivity index (χ1) is 8.10. The lowest BCUT2D eigenvalue weighted by atomic mass is 10.1. The Bertz CT molecular complexity index is 545. The summed E-state index contributed by atoms with van der Waals surface area (Å²) >= 11 is 1.64. The van der Waals surface area contributed by atoms with Crippen LogP contribution in [0.15, 0.2) is 24.3 Å². The fraction of sp³-hybridized carbons (Fsp3) is 0.308. The van der Waals surface area contributed by atoms with Gasteiger partial charge >= 0.3 is 5.97 Å². The van der Waals surface area contributed by atoms with Crippen LogP contribution in [0.2, 0.25) is 0 Å². The number of thiophene rings is 1. The molecule has 2 rings (SSSR count). The van der Waals surface area contributed by atoms with E-state index in [1.165, 1.54) is 4.70 Å². The number of aliphatic carboxylic acids is 1. The number of carboxylic acids is 1. The van der Waals surface area contributed by atoms with E-state index in [-0.39, 0.29) is 5.92 Å². The molecule has 0 amide bonds. The molecule has 1 atom stereocenters. The molecule has 0 fully saturated rings. The third-order valence-corrected chi connectivity index (χ3v) is 3.84. The molecule has 0 aliphatic heterocycles. The predicted molar refractivity (Wildman–Crippen MR) is 68.9 cm³/mol. The summed E-state index contributed by atoms with van der Waals surface area (Å²) in [7, 11) is 1.64. The highest BCUT2D eigenvalue weighted by atomic mass is 32.1. The van der Waals surface area contributed by atoms with Crippen LogP contribution >= 0.6 is 11.3 Å². The molecule has 1 aromatic heterocycles. The van der Waals surface area contributed by atoms with Crippen LogP contribution in [0.25, 0.3) is 10.1 Å². The van der Waals surface area contributed by atoms with E-state index < -0.39 is 5.97 Å². The van der Waals surface area contributed by atoms with Crippen molar-refractivity contribution >= 4 is 27.4 Å². The van der Waals surface area contributed by atoms with E-state index in [9.17, 15) is 4.79 Å². The van der Waals surface area contributed by atoms with Crippen LogP contribution in [0.3, 0.4) is 0 Å². The second-order valence-corrected chi connectivity index (χ2v) is 5.23. The molecular formula is C13H14O3S. The van der Waals surface area contributed by atoms with Crippen molar-refractivity contribution in [2.24, 2.45) is 5.92 Å². The molecule has 1 N–H and O–H groups in total. The number of rotatable bonds is 4. The first-order valence-electron chi connectivity index (χ1n) is 5.39. The Balaban J connectivity index is 2.28. The second kappa shape index (κ2) is 4.75. The van der Waals surface area contributed by atoms with Crippen LogP contribution in [-0.2, 0) is 11.2 Å². The SMILES string of the molecule is COc1ccc2sc(CC(C)C(=O)O)cc2c1. The van der Waals surface area contributed by atoms with Gasteiger partial charge in [-0.2, -0.15) is 0 Å². The van der Waals surface area contributed by atoms with Gasteiger partial charge in [-0.1, -0.05) is 6.92 Å². The summed E-state index contributed by atoms with van der Waals surface area (Å²) in [5, 5.41) is 10.00. The number of benzene rings is 1. The van der Waals surface area contributed by atoms with Gasteiger partial charge in [0.2, 0.25) is 0 Å². The highest BCUT2D eigenvalue weighted by Crippen LogP contribution is 2.30. The van der Waals surface area contributed by atoms with Gasteiger partial charge in [0, 0.05) is 9.58 Å². The summed E-state index contributed by atoms with van der Waals surface area (Å²) in [4.78, 5) is 11.9. The Morgan fingerprint density at radius 1 is 1.47 bits per heavy atom. The third kappa shape index (κ3) is 2.58. The molecule has 0 spiro atoms. The average Bonchev–Trinajstić information content (AvgIpc) is 2.69. The van der Waals surface area contributed by atoms with E-state index in [0.29, 0.717) is 6.42 Å². The molecule has 1 heterocycles. The fourth-order valence-corrected chi connectivity index (χ4v) is 2.87. The molecule has 0 bridgehead atoms. The highest BCUT2D eigenvalue weighted by Gasteiger charge is 2.13. The Hall–Kier alpha value is -1.55. The Labute approximate surface area is 104 Å². The van der Waals surface area contributed by atoms with Crippen LogP contribution in [0, 0.1) is 5.92 Å². The summed E-state index contributed by atoms with van der Waals surface area (Å²) in [6.07, 6.45) is 0.580. The minimum atomic E-state index is -0.750. The van der Waals surface area contributed by atoms with Crippen molar-refractivity contribution in [3.8, 4) is 5.75 Å². The van der Waals surface area contributed by atoms with Crippen LogP contribution in [0.5, 0.6) is 5.75 Å². The standard InChI is InChI=1S/C13H14O3S/c1-8(13(14)15)5-11-7-9-6-10(16-2)3-4-12(9)17-11/h3-4,6-8H,5H2,1-2H3,(H,14,15). The van der Waals surface area contributed by atoms with Crippen molar-refractivity contribution in [2.45, 2.75) is 13.3 Å². The molecule has 0 radical (unpaired) electrons. The number of ether oxygens (including phenoxy) is 1. The van der Waals surface area contributed by atoms with Gasteiger partial charge in [0.05, 0.1) is 13.0 Å². The number of hydrogen-bond acceptors (Lipinski definition) is 3. The maximum Gasteiger partial charge on any atom is 0.306 e. The summed E-state index contributed by atoms with van der Waals surface area (Å²) in [6.45, 7) is 1.73. The normalized spacial score (nSPS) is 12.6. The van der Waals surface area contributed by atoms with E-state index in [0.717, 1.165) is 16.0 Å². The second-order valence-electron chi connectivity index (χ2n) is 4.06. The van der Waals surface area contributed by atoms with Gasteiger partial charge in [0.15, 0.2) is 0 Å². The number of hydrogen-bond donors (Lipinski definition) is 1. The maximum atomic E-state index is 10.8. The fourth-order valence-electron chi connectivity index (χ4n) is 1.69. The third-order valence-electron chi connectivity index (χ3n) is 2.70. The minimum Gasteiger partial charge on any atom is -0.497 e. The zero-order valence-electron chi connectivity index (χ0n) is 9.77. The quantitative estimate of drug-likeness (QED) is 0.906. The lowest BCUT2D eigenvalue weighted by Gasteiger charge is -2.01. The molecule has 0 saturated carbocycles. The summed E-state index contributed by atoms with van der Waals surface area (Å²) in [6, 6.07) is 7.94. The van der Waals surface area contributed by atoms with Gasteiger partial charge in [0.1, 0.15) is 5.75 Å². The van der Waals surface area contributed by atoms with Crippen molar-refractivity contribution in [2.75, 3.05) is 7.11 Å². The van der Waals surface area contributed by atoms with E-state index >= 15 is 0 Å². The van der Waals surface area contributed by atoms with E-state index in [4.69, 9.17) is 9.84 Å². The predicted octanol–water partition coefficient (Wildman–Crippen LogP) is 3.17. The molecule has 1 unspecified atom stereocenters. The van der Waals surface area contributed by atoms with Crippen LogP contribution in [0.1, 0.15) is 11.8 Å². The van der Waals surface area contributed by atoms with Crippen molar-refractivity contribution in [3.05, 3.63) is 29.1 Å². The highest BCUT2D eigenvalue weighted by molar-refractivity contribution is 7.19. The number of fused-ring (bicyclic) bond motifs is 1. The summed E-state index contributed by atoms with van der Waals surface area (Å²) < 4.78 is 6.33. The molecular weight excluding hydrogens is 236 g/mol. The van der Waals surface area contributed by atoms with Crippen LogP contribution in [-0.4, -0.2) is 18.2 Å². The van der Waals surface area contributed by atoms with Crippen molar-refractivity contribution in [3.63, 3.8) is 0 Å². The number of methoxy groups -OCH3 is 1. The van der Waals surface area contributed by atoms with Gasteiger partial charge in [-0.3, -0.25) is 4.79 Å². The van der Waals surface area contributed by atoms with E-state index in [1.807, 2.05) is 24.3 Å². The molecule has 4 heteroatoms. The van der Waals surface area contributed by atoms with E-state index in [1.54, 1.807) is 25.4 Å². The largest absolute Gasteiger partial charge is 0.497 e. The van der Waals surface area contributed by atoms with Gasteiger partial charge < -0.3 is 9.84 Å². The monoisotopic (exact) mass is 250 g/mol. The molecule has 17 heavy (non-hydrogen) atoms. The van der Waals surface area contributed by atoms with Gasteiger partial charge in [-0.15, -0.1) is 11.3 Å². The van der Waals surface area contributed by atoms with Crippen molar-refractivity contribution < 1.29 is 14.6 Å². The average molecular weight is 250 g/mol. The molecule has 0 aliphatic carbocycles. The zero-order chi connectivity index (χ0) is 12.4. The molecule has 1 aromatic carbocycles. The van der Waals surface area contributed by atoms with Gasteiger partial charge in [-0.05, 0) is 36.1 Å². The first-order valence-corrected chi connectivity index (χ1v) is 6.21. The van der Waals surface area contributed by atoms with Crippen molar-refractivity contribution in [1.29, 1.82) is 0 Å². The molecule has 2 aromatic rings. The van der Waals surface area contributed by atoms with Gasteiger partial charge in [0.25, 0.3) is 0 Å². The molecule has 3 nitrogen and oxygen atoms in total. The lowest BCUT2D eigenvalue weighted by Crippen LogP contribution is -2.11. The zero-order valence-corrected chi connectivity index (χ0v) is 10.6. The van der Waals surface area contributed by atoms with E-state index in [2.05, 4.69) is 0 Å². The Kier molecular flexibility index (Phi) is 3.33. The Morgan fingerprint density at radius 2 is 2.24 bits per heavy atom.